The second-order valence-corrected chi connectivity index (χ2v) is 7.33. The predicted molar refractivity (Wildman–Crippen MR) is 96.6 cm³/mol. The molecule has 0 bridgehead atoms. The molecule has 1 fully saturated rings. The van der Waals surface area contributed by atoms with E-state index in [9.17, 15) is 22.4 Å². The van der Waals surface area contributed by atoms with E-state index in [2.05, 4.69) is 9.97 Å². The number of fused-ring (bicyclic) bond motifs is 1. The smallest absolute Gasteiger partial charge is 0.390 e. The lowest BCUT2D eigenvalue weighted by Gasteiger charge is -2.26. The molecule has 1 unspecified atom stereocenters. The van der Waals surface area contributed by atoms with Crippen molar-refractivity contribution in [3.63, 3.8) is 0 Å². The van der Waals surface area contributed by atoms with E-state index in [-0.39, 0.29) is 17.6 Å². The Morgan fingerprint density at radius 1 is 1.43 bits per heavy atom. The average Bonchev–Trinajstić information content (AvgIpc) is 3.16. The van der Waals surface area contributed by atoms with Gasteiger partial charge in [-0.05, 0) is 25.1 Å². The SMILES string of the molecule is CC1(C(=CN)c2nc3c(C(N)=O)cc(F)cc3[nH]2)CCN(CCC(F)(F)F)C1. The maximum absolute atomic E-state index is 13.8. The van der Waals surface area contributed by atoms with Gasteiger partial charge in [-0.25, -0.2) is 9.37 Å². The number of nitrogens with zero attached hydrogens (tertiary/aromatic N) is 2. The van der Waals surface area contributed by atoms with Crippen molar-refractivity contribution >= 4 is 22.5 Å². The summed E-state index contributed by atoms with van der Waals surface area (Å²) in [6.45, 7) is 2.67. The fourth-order valence-electron chi connectivity index (χ4n) is 3.72. The monoisotopic (exact) mass is 399 g/mol. The molecule has 1 aromatic carbocycles. The molecule has 2 heterocycles. The molecule has 6 nitrogen and oxygen atoms in total. The first-order valence-electron chi connectivity index (χ1n) is 8.73. The van der Waals surface area contributed by atoms with Gasteiger partial charge in [0.2, 0.25) is 0 Å². The van der Waals surface area contributed by atoms with Crippen LogP contribution in [-0.2, 0) is 0 Å². The van der Waals surface area contributed by atoms with Gasteiger partial charge in [0.1, 0.15) is 17.2 Å². The Balaban J connectivity index is 1.90. The lowest BCUT2D eigenvalue weighted by molar-refractivity contribution is -0.137. The number of carbonyl (C=O) groups is 1. The number of nitrogens with one attached hydrogen (secondary N) is 1. The van der Waals surface area contributed by atoms with Crippen molar-refractivity contribution in [2.45, 2.75) is 25.9 Å². The number of rotatable bonds is 5. The number of benzene rings is 1. The topological polar surface area (TPSA) is 101 Å². The standard InChI is InChI=1S/C18H21F4N5O/c1-17(2-4-27(9-17)5-3-18(20,21)22)12(8-23)16-25-13-7-10(19)6-11(15(24)28)14(13)26-16/h6-8H,2-5,9,23H2,1H3,(H2,24,28)(H,25,26). The molecule has 0 aliphatic carbocycles. The lowest BCUT2D eigenvalue weighted by atomic mass is 9.81. The minimum atomic E-state index is -4.21. The molecule has 3 rings (SSSR count). The third kappa shape index (κ3) is 3.96. The van der Waals surface area contributed by atoms with E-state index in [4.69, 9.17) is 11.5 Å². The molecule has 0 spiro atoms. The van der Waals surface area contributed by atoms with Crippen molar-refractivity contribution in [2.24, 2.45) is 16.9 Å². The van der Waals surface area contributed by atoms with Gasteiger partial charge in [-0.3, -0.25) is 4.79 Å². The van der Waals surface area contributed by atoms with Crippen LogP contribution in [0.3, 0.4) is 0 Å². The summed E-state index contributed by atoms with van der Waals surface area (Å²) in [5, 5.41) is 0. The number of primary amides is 1. The molecular formula is C18H21F4N5O. The van der Waals surface area contributed by atoms with Crippen molar-refractivity contribution in [3.8, 4) is 0 Å². The van der Waals surface area contributed by atoms with Gasteiger partial charge in [-0.1, -0.05) is 6.92 Å². The number of halogens is 4. The molecule has 0 saturated carbocycles. The summed E-state index contributed by atoms with van der Waals surface area (Å²) in [6.07, 6.45) is -3.15. The second-order valence-electron chi connectivity index (χ2n) is 7.33. The predicted octanol–water partition coefficient (Wildman–Crippen LogP) is 2.76. The largest absolute Gasteiger partial charge is 0.404 e. The van der Waals surface area contributed by atoms with Crippen molar-refractivity contribution in [1.82, 2.24) is 14.9 Å². The summed E-state index contributed by atoms with van der Waals surface area (Å²) in [5.74, 6) is -1.11. The summed E-state index contributed by atoms with van der Waals surface area (Å²) in [5.41, 5.74) is 11.6. The first-order valence-corrected chi connectivity index (χ1v) is 8.73. The zero-order valence-electron chi connectivity index (χ0n) is 15.2. The van der Waals surface area contributed by atoms with Gasteiger partial charge in [0.15, 0.2) is 0 Å². The Kier molecular flexibility index (Phi) is 5.09. The Bertz CT molecular complexity index is 936. The first-order chi connectivity index (χ1) is 13.0. The number of H-pyrrole nitrogens is 1. The van der Waals surface area contributed by atoms with Gasteiger partial charge in [-0.15, -0.1) is 0 Å². The van der Waals surface area contributed by atoms with Gasteiger partial charge in [-0.2, -0.15) is 13.2 Å². The summed E-state index contributed by atoms with van der Waals surface area (Å²) in [6, 6.07) is 2.20. The molecule has 1 aromatic heterocycles. The van der Waals surface area contributed by atoms with Gasteiger partial charge in [0.05, 0.1) is 17.5 Å². The number of nitrogens with two attached hydrogens (primary N) is 2. The van der Waals surface area contributed by atoms with Crippen molar-refractivity contribution < 1.29 is 22.4 Å². The number of aromatic nitrogens is 2. The number of imidazole rings is 1. The van der Waals surface area contributed by atoms with Crippen LogP contribution >= 0.6 is 0 Å². The van der Waals surface area contributed by atoms with E-state index in [1.54, 1.807) is 4.90 Å². The highest BCUT2D eigenvalue weighted by atomic mass is 19.4. The number of hydrogen-bond donors (Lipinski definition) is 3. The Morgan fingerprint density at radius 3 is 2.75 bits per heavy atom. The maximum Gasteiger partial charge on any atom is 0.390 e. The number of likely N-dealkylation sites (tertiary alicyclic amines) is 1. The summed E-state index contributed by atoms with van der Waals surface area (Å²) < 4.78 is 51.3. The highest BCUT2D eigenvalue weighted by Gasteiger charge is 2.40. The van der Waals surface area contributed by atoms with Crippen LogP contribution in [-0.4, -0.2) is 46.6 Å². The zero-order chi connectivity index (χ0) is 20.7. The van der Waals surface area contributed by atoms with Gasteiger partial charge in [0, 0.05) is 30.3 Å². The van der Waals surface area contributed by atoms with Crippen LogP contribution in [0.15, 0.2) is 18.3 Å². The number of alkyl halides is 3. The number of hydrogen-bond acceptors (Lipinski definition) is 4. The maximum atomic E-state index is 13.8. The zero-order valence-corrected chi connectivity index (χ0v) is 15.2. The highest BCUT2D eigenvalue weighted by Crippen LogP contribution is 2.42. The molecule has 1 amide bonds. The van der Waals surface area contributed by atoms with E-state index < -0.39 is 29.7 Å². The van der Waals surface area contributed by atoms with Gasteiger partial charge < -0.3 is 21.4 Å². The normalized spacial score (nSPS) is 21.5. The summed E-state index contributed by atoms with van der Waals surface area (Å²) in [7, 11) is 0. The third-order valence-electron chi connectivity index (χ3n) is 5.15. The fourth-order valence-corrected chi connectivity index (χ4v) is 3.72. The van der Waals surface area contributed by atoms with Crippen LogP contribution in [0.2, 0.25) is 0 Å². The number of carbonyl (C=O) groups excluding carboxylic acids is 1. The molecule has 0 radical (unpaired) electrons. The van der Waals surface area contributed by atoms with E-state index in [1.165, 1.54) is 12.3 Å². The van der Waals surface area contributed by atoms with Crippen LogP contribution in [0.4, 0.5) is 17.6 Å². The number of amides is 1. The van der Waals surface area contributed by atoms with E-state index in [0.717, 1.165) is 6.07 Å². The first kappa shape index (κ1) is 20.1. The Hall–Kier alpha value is -2.62. The van der Waals surface area contributed by atoms with Crippen LogP contribution in [0.5, 0.6) is 0 Å². The minimum absolute atomic E-state index is 0.0581. The van der Waals surface area contributed by atoms with E-state index in [1.807, 2.05) is 6.92 Å². The van der Waals surface area contributed by atoms with Crippen molar-refractivity contribution in [2.75, 3.05) is 19.6 Å². The van der Waals surface area contributed by atoms with E-state index >= 15 is 0 Å². The number of aromatic amines is 1. The Labute approximate surface area is 158 Å². The van der Waals surface area contributed by atoms with E-state index in [0.29, 0.717) is 36.4 Å². The highest BCUT2D eigenvalue weighted by molar-refractivity contribution is 6.04. The molecule has 10 heteroatoms. The van der Waals surface area contributed by atoms with Crippen LogP contribution in [0.25, 0.3) is 16.6 Å². The molecule has 2 aromatic rings. The van der Waals surface area contributed by atoms with Crippen LogP contribution in [0.1, 0.15) is 35.9 Å². The Morgan fingerprint density at radius 2 is 2.14 bits per heavy atom. The summed E-state index contributed by atoms with van der Waals surface area (Å²) in [4.78, 5) is 20.7. The van der Waals surface area contributed by atoms with Crippen molar-refractivity contribution in [1.29, 1.82) is 0 Å². The molecule has 152 valence electrons. The molecule has 1 aliphatic rings. The summed E-state index contributed by atoms with van der Waals surface area (Å²) >= 11 is 0. The molecule has 5 N–H and O–H groups in total. The quantitative estimate of drug-likeness (QED) is 0.673. The van der Waals surface area contributed by atoms with Gasteiger partial charge >= 0.3 is 6.18 Å². The molecular weight excluding hydrogens is 378 g/mol. The lowest BCUT2D eigenvalue weighted by Crippen LogP contribution is -2.29. The second kappa shape index (κ2) is 7.08. The molecule has 28 heavy (non-hydrogen) atoms. The average molecular weight is 399 g/mol. The molecule has 1 saturated heterocycles. The molecule has 1 atom stereocenters. The van der Waals surface area contributed by atoms with Crippen LogP contribution in [0, 0.1) is 11.2 Å². The third-order valence-corrected chi connectivity index (χ3v) is 5.15. The van der Waals surface area contributed by atoms with Crippen LogP contribution < -0.4 is 11.5 Å². The van der Waals surface area contributed by atoms with Gasteiger partial charge in [0.25, 0.3) is 5.91 Å². The molecule has 1 aliphatic heterocycles. The fraction of sp³-hybridized carbons (Fsp3) is 0.444. The van der Waals surface area contributed by atoms with Crippen molar-refractivity contribution in [3.05, 3.63) is 35.5 Å². The minimum Gasteiger partial charge on any atom is -0.404 e.